The molecule has 0 bridgehead atoms. The Hall–Kier alpha value is 0.137. The summed E-state index contributed by atoms with van der Waals surface area (Å²) in [6.45, 7) is 8.17. The highest BCUT2D eigenvalue weighted by molar-refractivity contribution is 6.40. The molecular weight excluding hydrogens is 192 g/mol. The van der Waals surface area contributed by atoms with Crippen LogP contribution in [0.25, 0.3) is 0 Å². The van der Waals surface area contributed by atoms with Crippen LogP contribution in [0.15, 0.2) is 0 Å². The Morgan fingerprint density at radius 2 is 1.57 bits per heavy atom. The van der Waals surface area contributed by atoms with Crippen molar-refractivity contribution < 1.29 is 9.47 Å². The lowest BCUT2D eigenvalue weighted by atomic mass is 10.4. The maximum atomic E-state index is 5.68. The summed E-state index contributed by atoms with van der Waals surface area (Å²) in [5, 5.41) is 0. The molecule has 14 heavy (non-hydrogen) atoms. The predicted molar refractivity (Wildman–Crippen MR) is 64.0 cm³/mol. The second kappa shape index (κ2) is 11.2. The molecule has 0 aromatic carbocycles. The van der Waals surface area contributed by atoms with E-state index in [0.29, 0.717) is 0 Å². The molecule has 0 aliphatic rings. The van der Waals surface area contributed by atoms with Crippen molar-refractivity contribution in [1.82, 2.24) is 0 Å². The van der Waals surface area contributed by atoms with Crippen LogP contribution in [0.4, 0.5) is 0 Å². The lowest BCUT2D eigenvalue weighted by Crippen LogP contribution is -2.25. The minimum atomic E-state index is -0.290. The van der Waals surface area contributed by atoms with Crippen molar-refractivity contribution in [3.05, 3.63) is 6.04 Å². The average Bonchev–Trinajstić information content (AvgIpc) is 2.18. The zero-order chi connectivity index (χ0) is 10.6. The van der Waals surface area contributed by atoms with E-state index in [1.54, 1.807) is 0 Å². The van der Waals surface area contributed by atoms with Crippen LogP contribution < -0.4 is 0 Å². The fourth-order valence-electron chi connectivity index (χ4n) is 1.09. The van der Waals surface area contributed by atoms with Crippen LogP contribution in [-0.4, -0.2) is 28.6 Å². The predicted octanol–water partition coefficient (Wildman–Crippen LogP) is 2.25. The van der Waals surface area contributed by atoms with Crippen LogP contribution in [0.3, 0.4) is 0 Å². The highest BCUT2D eigenvalue weighted by atomic mass is 28.2. The topological polar surface area (TPSA) is 18.5 Å². The summed E-state index contributed by atoms with van der Waals surface area (Å²) < 4.78 is 11.4. The molecule has 0 N–H and O–H groups in total. The van der Waals surface area contributed by atoms with Gasteiger partial charge >= 0.3 is 0 Å². The van der Waals surface area contributed by atoms with Gasteiger partial charge in [0, 0.05) is 13.2 Å². The van der Waals surface area contributed by atoms with Gasteiger partial charge in [0.05, 0.1) is 9.52 Å². The van der Waals surface area contributed by atoms with E-state index in [1.165, 1.54) is 12.8 Å². The number of rotatable bonds is 10. The Balaban J connectivity index is 3.44. The summed E-state index contributed by atoms with van der Waals surface area (Å²) in [6.07, 6.45) is 4.68. The molecule has 0 aliphatic carbocycles. The molecular formula is C11H25O2Si. The number of unbranched alkanes of at least 4 members (excludes halogenated alkanes) is 2. The largest absolute Gasteiger partial charge is 0.357 e. The number of hydrogen-bond donors (Lipinski definition) is 0. The monoisotopic (exact) mass is 217 g/mol. The quantitative estimate of drug-likeness (QED) is 0.317. The second-order valence-electron chi connectivity index (χ2n) is 3.52. The molecule has 3 heteroatoms. The fraction of sp³-hybridized carbons (Fsp3) is 0.909. The first-order valence-corrected chi connectivity index (χ1v) is 7.49. The van der Waals surface area contributed by atoms with Gasteiger partial charge in [-0.25, -0.2) is 0 Å². The molecule has 0 amide bonds. The molecule has 0 aliphatic heterocycles. The summed E-state index contributed by atoms with van der Waals surface area (Å²) >= 11 is 0. The second-order valence-corrected chi connectivity index (χ2v) is 5.48. The van der Waals surface area contributed by atoms with Gasteiger partial charge < -0.3 is 9.47 Å². The lowest BCUT2D eigenvalue weighted by Gasteiger charge is -2.17. The van der Waals surface area contributed by atoms with Crippen molar-refractivity contribution in [3.8, 4) is 0 Å². The Morgan fingerprint density at radius 3 is 1.93 bits per heavy atom. The Labute approximate surface area is 91.2 Å². The van der Waals surface area contributed by atoms with E-state index in [0.717, 1.165) is 26.1 Å². The van der Waals surface area contributed by atoms with E-state index in [4.69, 9.17) is 9.47 Å². The molecule has 0 saturated heterocycles. The molecule has 0 heterocycles. The molecule has 0 spiro atoms. The molecule has 0 rings (SSSR count). The van der Waals surface area contributed by atoms with Crippen LogP contribution in [0.5, 0.6) is 0 Å². The van der Waals surface area contributed by atoms with Crippen molar-refractivity contribution >= 4 is 9.52 Å². The van der Waals surface area contributed by atoms with Crippen LogP contribution in [0, 0.1) is 6.04 Å². The van der Waals surface area contributed by atoms with Gasteiger partial charge in [-0.15, -0.1) is 0 Å². The van der Waals surface area contributed by atoms with Crippen LogP contribution >= 0.6 is 0 Å². The minimum Gasteiger partial charge on any atom is -0.357 e. The fourth-order valence-corrected chi connectivity index (χ4v) is 2.09. The third-order valence-electron chi connectivity index (χ3n) is 2.03. The Morgan fingerprint density at radius 1 is 1.07 bits per heavy atom. The number of hydrogen-bond acceptors (Lipinski definition) is 2. The summed E-state index contributed by atoms with van der Waals surface area (Å²) in [7, 11) is -0.290. The standard InChI is InChI=1S/C11H25O2Si/c1-4-7-9-12-11(14-6-3)13-10-8-5-2/h6,11H,4-5,7-10,14H2,1-3H3. The molecule has 0 saturated carbocycles. The molecule has 1 radical (unpaired) electrons. The first-order chi connectivity index (χ1) is 6.85. The molecule has 85 valence electrons. The van der Waals surface area contributed by atoms with E-state index in [-0.39, 0.29) is 15.4 Å². The maximum Gasteiger partial charge on any atom is 0.135 e. The van der Waals surface area contributed by atoms with Gasteiger partial charge in [-0.1, -0.05) is 33.6 Å². The molecule has 0 aromatic heterocycles. The first-order valence-electron chi connectivity index (χ1n) is 5.86. The van der Waals surface area contributed by atoms with E-state index in [2.05, 4.69) is 26.8 Å². The van der Waals surface area contributed by atoms with E-state index >= 15 is 0 Å². The van der Waals surface area contributed by atoms with Crippen molar-refractivity contribution in [2.45, 2.75) is 52.4 Å². The third-order valence-corrected chi connectivity index (χ3v) is 3.36. The molecule has 0 unspecified atom stereocenters. The van der Waals surface area contributed by atoms with Crippen LogP contribution in [0.2, 0.25) is 0 Å². The van der Waals surface area contributed by atoms with Crippen molar-refractivity contribution in [1.29, 1.82) is 0 Å². The van der Waals surface area contributed by atoms with Gasteiger partial charge in [0.15, 0.2) is 0 Å². The highest BCUT2D eigenvalue weighted by Gasteiger charge is 2.07. The van der Waals surface area contributed by atoms with Gasteiger partial charge in [0.25, 0.3) is 0 Å². The lowest BCUT2D eigenvalue weighted by molar-refractivity contribution is -0.0915. The smallest absolute Gasteiger partial charge is 0.135 e. The first kappa shape index (κ1) is 14.1. The normalized spacial score (nSPS) is 12.0. The molecule has 0 fully saturated rings. The third kappa shape index (κ3) is 8.72. The van der Waals surface area contributed by atoms with E-state index in [9.17, 15) is 0 Å². The van der Waals surface area contributed by atoms with Crippen molar-refractivity contribution in [2.24, 2.45) is 0 Å². The van der Waals surface area contributed by atoms with E-state index < -0.39 is 0 Å². The summed E-state index contributed by atoms with van der Waals surface area (Å²) in [5.41, 5.74) is 0. The molecule has 0 aromatic rings. The summed E-state index contributed by atoms with van der Waals surface area (Å²) in [6, 6.07) is 2.24. The molecule has 0 atom stereocenters. The van der Waals surface area contributed by atoms with Gasteiger partial charge in [0.1, 0.15) is 5.91 Å². The van der Waals surface area contributed by atoms with Crippen molar-refractivity contribution in [2.75, 3.05) is 13.2 Å². The SMILES string of the molecule is C[CH][SiH2]C(OCCCC)OCCCC. The van der Waals surface area contributed by atoms with Gasteiger partial charge in [0.2, 0.25) is 0 Å². The average molecular weight is 217 g/mol. The van der Waals surface area contributed by atoms with E-state index in [1.807, 2.05) is 0 Å². The highest BCUT2D eigenvalue weighted by Crippen LogP contribution is 2.00. The Kier molecular flexibility index (Phi) is 11.3. The van der Waals surface area contributed by atoms with Crippen LogP contribution in [0.1, 0.15) is 46.5 Å². The zero-order valence-electron chi connectivity index (χ0n) is 9.92. The van der Waals surface area contributed by atoms with Gasteiger partial charge in [-0.3, -0.25) is 0 Å². The maximum absolute atomic E-state index is 5.68. The van der Waals surface area contributed by atoms with Crippen molar-refractivity contribution in [3.63, 3.8) is 0 Å². The van der Waals surface area contributed by atoms with Gasteiger partial charge in [-0.05, 0) is 18.9 Å². The summed E-state index contributed by atoms with van der Waals surface area (Å²) in [5.74, 6) is 0.123. The van der Waals surface area contributed by atoms with Gasteiger partial charge in [-0.2, -0.15) is 0 Å². The molecule has 2 nitrogen and oxygen atoms in total. The summed E-state index contributed by atoms with van der Waals surface area (Å²) in [4.78, 5) is 0. The number of ether oxygens (including phenoxy) is 2. The Bertz CT molecular complexity index is 99.5. The minimum absolute atomic E-state index is 0.123. The van der Waals surface area contributed by atoms with Crippen LogP contribution in [-0.2, 0) is 9.47 Å². The zero-order valence-corrected chi connectivity index (χ0v) is 11.3.